The van der Waals surface area contributed by atoms with Crippen molar-refractivity contribution < 1.29 is 9.53 Å². The van der Waals surface area contributed by atoms with Gasteiger partial charge in [-0.15, -0.1) is 0 Å². The van der Waals surface area contributed by atoms with E-state index in [0.717, 1.165) is 19.4 Å². The van der Waals surface area contributed by atoms with E-state index in [4.69, 9.17) is 4.74 Å². The zero-order chi connectivity index (χ0) is 9.84. The Balaban J connectivity index is 2.61. The van der Waals surface area contributed by atoms with Gasteiger partial charge in [-0.1, -0.05) is 13.8 Å². The first kappa shape index (κ1) is 10.5. The molecule has 0 aromatic carbocycles. The molecule has 0 spiro atoms. The van der Waals surface area contributed by atoms with Crippen LogP contribution >= 0.6 is 0 Å². The SMILES string of the molecule is COC(=O)[C@H]1NCCC[C@H]1C(C)C. The maximum absolute atomic E-state index is 11.4. The summed E-state index contributed by atoms with van der Waals surface area (Å²) < 4.78 is 4.77. The fourth-order valence-corrected chi connectivity index (χ4v) is 2.02. The fourth-order valence-electron chi connectivity index (χ4n) is 2.02. The number of carbonyl (C=O) groups excluding carboxylic acids is 1. The van der Waals surface area contributed by atoms with Crippen molar-refractivity contribution in [1.29, 1.82) is 0 Å². The lowest BCUT2D eigenvalue weighted by Gasteiger charge is -2.33. The van der Waals surface area contributed by atoms with Crippen LogP contribution in [0, 0.1) is 11.8 Å². The standard InChI is InChI=1S/C10H19NO2/c1-7(2)8-5-4-6-11-9(8)10(12)13-3/h7-9,11H,4-6H2,1-3H3/t8-,9-/m0/s1. The highest BCUT2D eigenvalue weighted by molar-refractivity contribution is 5.76. The molecule has 0 radical (unpaired) electrons. The number of ether oxygens (including phenoxy) is 1. The second-order valence-electron chi connectivity index (χ2n) is 4.01. The highest BCUT2D eigenvalue weighted by Gasteiger charge is 2.32. The molecule has 13 heavy (non-hydrogen) atoms. The van der Waals surface area contributed by atoms with Crippen LogP contribution < -0.4 is 5.32 Å². The Morgan fingerprint density at radius 1 is 1.54 bits per heavy atom. The Morgan fingerprint density at radius 2 is 2.23 bits per heavy atom. The molecule has 0 saturated carbocycles. The molecular weight excluding hydrogens is 166 g/mol. The van der Waals surface area contributed by atoms with Crippen LogP contribution in [0.3, 0.4) is 0 Å². The number of methoxy groups -OCH3 is 1. The second kappa shape index (κ2) is 4.61. The highest BCUT2D eigenvalue weighted by atomic mass is 16.5. The summed E-state index contributed by atoms with van der Waals surface area (Å²) in [7, 11) is 1.45. The summed E-state index contributed by atoms with van der Waals surface area (Å²) in [6, 6.07) is -0.0845. The molecule has 0 aromatic heterocycles. The lowest BCUT2D eigenvalue weighted by atomic mass is 9.82. The lowest BCUT2D eigenvalue weighted by molar-refractivity contribution is -0.145. The minimum absolute atomic E-state index is 0.0845. The first-order chi connectivity index (χ1) is 6.16. The van der Waals surface area contributed by atoms with Crippen LogP contribution in [0.5, 0.6) is 0 Å². The van der Waals surface area contributed by atoms with E-state index in [-0.39, 0.29) is 12.0 Å². The van der Waals surface area contributed by atoms with Gasteiger partial charge < -0.3 is 10.1 Å². The molecule has 0 unspecified atom stereocenters. The third-order valence-corrected chi connectivity index (χ3v) is 2.82. The van der Waals surface area contributed by atoms with Crippen molar-refractivity contribution in [2.24, 2.45) is 11.8 Å². The maximum atomic E-state index is 11.4. The molecule has 3 heteroatoms. The van der Waals surface area contributed by atoms with Gasteiger partial charge in [0.25, 0.3) is 0 Å². The average molecular weight is 185 g/mol. The van der Waals surface area contributed by atoms with Crippen LogP contribution in [-0.4, -0.2) is 25.7 Å². The molecule has 1 N–H and O–H groups in total. The normalized spacial score (nSPS) is 28.9. The van der Waals surface area contributed by atoms with Crippen molar-refractivity contribution in [3.8, 4) is 0 Å². The van der Waals surface area contributed by atoms with Crippen LogP contribution in [-0.2, 0) is 9.53 Å². The first-order valence-electron chi connectivity index (χ1n) is 4.98. The average Bonchev–Trinajstić information content (AvgIpc) is 2.16. The van der Waals surface area contributed by atoms with E-state index in [9.17, 15) is 4.79 Å². The van der Waals surface area contributed by atoms with E-state index >= 15 is 0 Å². The number of piperidine rings is 1. The Bertz CT molecular complexity index is 180. The van der Waals surface area contributed by atoms with Gasteiger partial charge in [0.1, 0.15) is 6.04 Å². The summed E-state index contributed by atoms with van der Waals surface area (Å²) in [5.41, 5.74) is 0. The van der Waals surface area contributed by atoms with Crippen molar-refractivity contribution in [3.63, 3.8) is 0 Å². The van der Waals surface area contributed by atoms with Crippen LogP contribution in [0.2, 0.25) is 0 Å². The number of hydrogen-bond acceptors (Lipinski definition) is 3. The van der Waals surface area contributed by atoms with Crippen molar-refractivity contribution in [1.82, 2.24) is 5.32 Å². The van der Waals surface area contributed by atoms with Gasteiger partial charge in [-0.2, -0.15) is 0 Å². The monoisotopic (exact) mass is 185 g/mol. The predicted molar refractivity (Wildman–Crippen MR) is 51.4 cm³/mol. The quantitative estimate of drug-likeness (QED) is 0.657. The minimum atomic E-state index is -0.113. The number of rotatable bonds is 2. The minimum Gasteiger partial charge on any atom is -0.468 e. The van der Waals surface area contributed by atoms with Gasteiger partial charge >= 0.3 is 5.97 Å². The molecule has 1 saturated heterocycles. The van der Waals surface area contributed by atoms with E-state index in [1.54, 1.807) is 0 Å². The number of hydrogen-bond donors (Lipinski definition) is 1. The second-order valence-corrected chi connectivity index (χ2v) is 4.01. The van der Waals surface area contributed by atoms with E-state index < -0.39 is 0 Å². The van der Waals surface area contributed by atoms with Crippen molar-refractivity contribution >= 4 is 5.97 Å². The summed E-state index contributed by atoms with van der Waals surface area (Å²) in [5, 5.41) is 3.23. The van der Waals surface area contributed by atoms with E-state index in [1.807, 2.05) is 0 Å². The molecule has 76 valence electrons. The largest absolute Gasteiger partial charge is 0.468 e. The molecule has 0 bridgehead atoms. The molecule has 0 amide bonds. The molecule has 1 aliphatic heterocycles. The molecule has 1 aliphatic rings. The maximum Gasteiger partial charge on any atom is 0.323 e. The Hall–Kier alpha value is -0.570. The zero-order valence-corrected chi connectivity index (χ0v) is 8.67. The van der Waals surface area contributed by atoms with E-state index in [2.05, 4.69) is 19.2 Å². The molecule has 1 rings (SSSR count). The molecule has 1 fully saturated rings. The number of carbonyl (C=O) groups is 1. The van der Waals surface area contributed by atoms with Gasteiger partial charge in [0.15, 0.2) is 0 Å². The van der Waals surface area contributed by atoms with Crippen molar-refractivity contribution in [2.45, 2.75) is 32.7 Å². The van der Waals surface area contributed by atoms with Gasteiger partial charge in [0.2, 0.25) is 0 Å². The van der Waals surface area contributed by atoms with Crippen LogP contribution in [0.25, 0.3) is 0 Å². The molecule has 1 heterocycles. The van der Waals surface area contributed by atoms with Crippen molar-refractivity contribution in [3.05, 3.63) is 0 Å². The van der Waals surface area contributed by atoms with Gasteiger partial charge in [-0.25, -0.2) is 0 Å². The van der Waals surface area contributed by atoms with Crippen LogP contribution in [0.4, 0.5) is 0 Å². The van der Waals surface area contributed by atoms with Crippen LogP contribution in [0.1, 0.15) is 26.7 Å². The highest BCUT2D eigenvalue weighted by Crippen LogP contribution is 2.24. The Morgan fingerprint density at radius 3 is 2.77 bits per heavy atom. The Kier molecular flexibility index (Phi) is 3.72. The smallest absolute Gasteiger partial charge is 0.323 e. The molecule has 0 aromatic rings. The molecule has 2 atom stereocenters. The van der Waals surface area contributed by atoms with Crippen molar-refractivity contribution in [2.75, 3.05) is 13.7 Å². The summed E-state index contributed by atoms with van der Waals surface area (Å²) in [6.45, 7) is 5.25. The van der Waals surface area contributed by atoms with Gasteiger partial charge in [-0.3, -0.25) is 4.79 Å². The predicted octanol–water partition coefficient (Wildman–Crippen LogP) is 1.18. The number of esters is 1. The van der Waals surface area contributed by atoms with E-state index in [0.29, 0.717) is 11.8 Å². The summed E-state index contributed by atoms with van der Waals surface area (Å²) in [6.07, 6.45) is 2.29. The van der Waals surface area contributed by atoms with Crippen LogP contribution in [0.15, 0.2) is 0 Å². The summed E-state index contributed by atoms with van der Waals surface area (Å²) >= 11 is 0. The number of nitrogens with one attached hydrogen (secondary N) is 1. The third kappa shape index (κ3) is 2.44. The zero-order valence-electron chi connectivity index (χ0n) is 8.67. The third-order valence-electron chi connectivity index (χ3n) is 2.82. The Labute approximate surface area is 79.8 Å². The summed E-state index contributed by atoms with van der Waals surface area (Å²) in [4.78, 5) is 11.4. The molecular formula is C10H19NO2. The molecule has 3 nitrogen and oxygen atoms in total. The summed E-state index contributed by atoms with van der Waals surface area (Å²) in [5.74, 6) is 0.858. The lowest BCUT2D eigenvalue weighted by Crippen LogP contribution is -2.49. The topological polar surface area (TPSA) is 38.3 Å². The van der Waals surface area contributed by atoms with Gasteiger partial charge in [-0.05, 0) is 31.2 Å². The van der Waals surface area contributed by atoms with Gasteiger partial charge in [0, 0.05) is 0 Å². The first-order valence-corrected chi connectivity index (χ1v) is 4.98. The van der Waals surface area contributed by atoms with E-state index in [1.165, 1.54) is 7.11 Å². The fraction of sp³-hybridized carbons (Fsp3) is 0.900. The van der Waals surface area contributed by atoms with Gasteiger partial charge in [0.05, 0.1) is 7.11 Å². The molecule has 0 aliphatic carbocycles.